The van der Waals surface area contributed by atoms with Crippen LogP contribution in [0.4, 0.5) is 5.69 Å². The van der Waals surface area contributed by atoms with E-state index >= 15 is 0 Å². The maximum absolute atomic E-state index is 13.3. The van der Waals surface area contributed by atoms with E-state index in [1.165, 1.54) is 28.6 Å². The Morgan fingerprint density at radius 2 is 1.64 bits per heavy atom. The number of halogens is 1. The highest BCUT2D eigenvalue weighted by Crippen LogP contribution is 2.27. The lowest BCUT2D eigenvalue weighted by Crippen LogP contribution is -2.30. The normalized spacial score (nSPS) is 11.2. The van der Waals surface area contributed by atoms with Gasteiger partial charge in [-0.1, -0.05) is 41.4 Å². The molecule has 0 aromatic heterocycles. The standard InChI is InChI=1S/C21H18ClNO4S/c1-15-5-11-20(12-6-15)28(26,27)23(14-16-3-2-4-18(22)13-16)19-9-7-17(8-10-19)21(24)25/h2-13H,14H2,1H3,(H,24,25). The van der Waals surface area contributed by atoms with Gasteiger partial charge in [-0.3, -0.25) is 4.31 Å². The summed E-state index contributed by atoms with van der Waals surface area (Å²) in [6.07, 6.45) is 0. The summed E-state index contributed by atoms with van der Waals surface area (Å²) in [5.74, 6) is -1.07. The van der Waals surface area contributed by atoms with Crippen LogP contribution in [0, 0.1) is 6.92 Å². The van der Waals surface area contributed by atoms with Crippen LogP contribution in [-0.2, 0) is 16.6 Å². The van der Waals surface area contributed by atoms with E-state index in [9.17, 15) is 13.2 Å². The van der Waals surface area contributed by atoms with Crippen LogP contribution in [0.2, 0.25) is 5.02 Å². The van der Waals surface area contributed by atoms with Gasteiger partial charge < -0.3 is 5.11 Å². The summed E-state index contributed by atoms with van der Waals surface area (Å²) in [7, 11) is -3.87. The first-order valence-electron chi connectivity index (χ1n) is 8.44. The molecule has 7 heteroatoms. The summed E-state index contributed by atoms with van der Waals surface area (Å²) >= 11 is 6.05. The lowest BCUT2D eigenvalue weighted by Gasteiger charge is -2.25. The fourth-order valence-electron chi connectivity index (χ4n) is 2.72. The van der Waals surface area contributed by atoms with Gasteiger partial charge in [0.15, 0.2) is 0 Å². The second-order valence-corrected chi connectivity index (χ2v) is 8.61. The van der Waals surface area contributed by atoms with E-state index in [1.807, 2.05) is 6.92 Å². The zero-order valence-corrected chi connectivity index (χ0v) is 16.6. The first-order chi connectivity index (χ1) is 13.3. The molecular formula is C21H18ClNO4S. The minimum Gasteiger partial charge on any atom is -0.478 e. The van der Waals surface area contributed by atoms with Crippen LogP contribution < -0.4 is 4.31 Å². The summed E-state index contributed by atoms with van der Waals surface area (Å²) in [5.41, 5.74) is 2.11. The average Bonchev–Trinajstić information content (AvgIpc) is 2.66. The highest BCUT2D eigenvalue weighted by Gasteiger charge is 2.25. The first kappa shape index (κ1) is 19.9. The molecule has 3 aromatic rings. The summed E-state index contributed by atoms with van der Waals surface area (Å²) in [6, 6.07) is 19.3. The van der Waals surface area contributed by atoms with Crippen LogP contribution >= 0.6 is 11.6 Å². The number of nitrogens with zero attached hydrogens (tertiary/aromatic N) is 1. The zero-order valence-electron chi connectivity index (χ0n) is 15.0. The highest BCUT2D eigenvalue weighted by molar-refractivity contribution is 7.92. The van der Waals surface area contributed by atoms with Crippen molar-refractivity contribution in [1.82, 2.24) is 0 Å². The number of carboxylic acid groups (broad SMARTS) is 1. The van der Waals surface area contributed by atoms with Gasteiger partial charge >= 0.3 is 5.97 Å². The molecule has 0 radical (unpaired) electrons. The predicted molar refractivity (Wildman–Crippen MR) is 109 cm³/mol. The minimum atomic E-state index is -3.87. The van der Waals surface area contributed by atoms with Crippen molar-refractivity contribution in [2.24, 2.45) is 0 Å². The average molecular weight is 416 g/mol. The molecule has 3 rings (SSSR count). The number of aryl methyl sites for hydroxylation is 1. The van der Waals surface area contributed by atoms with E-state index in [0.29, 0.717) is 16.3 Å². The molecule has 28 heavy (non-hydrogen) atoms. The van der Waals surface area contributed by atoms with Crippen LogP contribution in [-0.4, -0.2) is 19.5 Å². The van der Waals surface area contributed by atoms with E-state index in [2.05, 4.69) is 0 Å². The molecule has 0 saturated heterocycles. The zero-order chi connectivity index (χ0) is 20.3. The Kier molecular flexibility index (Phi) is 5.72. The van der Waals surface area contributed by atoms with Crippen molar-refractivity contribution in [1.29, 1.82) is 0 Å². The smallest absolute Gasteiger partial charge is 0.335 e. The van der Waals surface area contributed by atoms with Crippen molar-refractivity contribution >= 4 is 33.3 Å². The van der Waals surface area contributed by atoms with Gasteiger partial charge in [-0.15, -0.1) is 0 Å². The van der Waals surface area contributed by atoms with Crippen LogP contribution in [0.25, 0.3) is 0 Å². The second kappa shape index (κ2) is 8.04. The molecule has 0 atom stereocenters. The van der Waals surface area contributed by atoms with Crippen molar-refractivity contribution < 1.29 is 18.3 Å². The summed E-state index contributed by atoms with van der Waals surface area (Å²) in [5, 5.41) is 9.60. The maximum Gasteiger partial charge on any atom is 0.335 e. The third-order valence-electron chi connectivity index (χ3n) is 4.23. The van der Waals surface area contributed by atoms with Crippen molar-refractivity contribution in [3.63, 3.8) is 0 Å². The van der Waals surface area contributed by atoms with Crippen molar-refractivity contribution in [2.45, 2.75) is 18.4 Å². The van der Waals surface area contributed by atoms with E-state index in [4.69, 9.17) is 16.7 Å². The number of anilines is 1. The lowest BCUT2D eigenvalue weighted by molar-refractivity contribution is 0.0697. The van der Waals surface area contributed by atoms with E-state index in [-0.39, 0.29) is 17.0 Å². The summed E-state index contributed by atoms with van der Waals surface area (Å²) in [6.45, 7) is 1.94. The van der Waals surface area contributed by atoms with E-state index in [0.717, 1.165) is 5.56 Å². The van der Waals surface area contributed by atoms with Crippen LogP contribution in [0.1, 0.15) is 21.5 Å². The number of hydrogen-bond donors (Lipinski definition) is 1. The van der Waals surface area contributed by atoms with Crippen LogP contribution in [0.5, 0.6) is 0 Å². The maximum atomic E-state index is 13.3. The third-order valence-corrected chi connectivity index (χ3v) is 6.25. The van der Waals surface area contributed by atoms with Gasteiger partial charge in [0.05, 0.1) is 22.7 Å². The molecule has 0 heterocycles. The quantitative estimate of drug-likeness (QED) is 0.630. The monoisotopic (exact) mass is 415 g/mol. The van der Waals surface area contributed by atoms with Crippen molar-refractivity contribution in [3.05, 3.63) is 94.5 Å². The Hall–Kier alpha value is -2.83. The molecule has 0 aliphatic carbocycles. The van der Waals surface area contributed by atoms with Gasteiger partial charge in [0, 0.05) is 5.02 Å². The van der Waals surface area contributed by atoms with Gasteiger partial charge in [0.2, 0.25) is 0 Å². The topological polar surface area (TPSA) is 74.7 Å². The fourth-order valence-corrected chi connectivity index (χ4v) is 4.39. The predicted octanol–water partition coefficient (Wildman–Crippen LogP) is 4.74. The highest BCUT2D eigenvalue weighted by atomic mass is 35.5. The SMILES string of the molecule is Cc1ccc(S(=O)(=O)N(Cc2cccc(Cl)c2)c2ccc(C(=O)O)cc2)cc1. The number of carbonyl (C=O) groups is 1. The number of hydrogen-bond acceptors (Lipinski definition) is 3. The molecule has 5 nitrogen and oxygen atoms in total. The van der Waals surface area contributed by atoms with Crippen LogP contribution in [0.15, 0.2) is 77.7 Å². The summed E-state index contributed by atoms with van der Waals surface area (Å²) < 4.78 is 27.9. The van der Waals surface area contributed by atoms with Crippen molar-refractivity contribution in [2.75, 3.05) is 4.31 Å². The molecule has 0 aliphatic rings. The molecule has 3 aromatic carbocycles. The molecule has 0 fully saturated rings. The van der Waals surface area contributed by atoms with Crippen LogP contribution in [0.3, 0.4) is 0 Å². The van der Waals surface area contributed by atoms with E-state index in [1.54, 1.807) is 48.5 Å². The van der Waals surface area contributed by atoms with Gasteiger partial charge in [-0.05, 0) is 61.0 Å². The summed E-state index contributed by atoms with van der Waals surface area (Å²) in [4.78, 5) is 11.3. The van der Waals surface area contributed by atoms with Gasteiger partial charge in [0.1, 0.15) is 0 Å². The van der Waals surface area contributed by atoms with Gasteiger partial charge in [-0.25, -0.2) is 13.2 Å². The number of carboxylic acids is 1. The number of benzene rings is 3. The molecular weight excluding hydrogens is 398 g/mol. The molecule has 0 bridgehead atoms. The molecule has 0 saturated carbocycles. The van der Waals surface area contributed by atoms with Gasteiger partial charge in [0.25, 0.3) is 10.0 Å². The number of sulfonamides is 1. The molecule has 0 amide bonds. The molecule has 0 aliphatic heterocycles. The number of aromatic carboxylic acids is 1. The Labute approximate surface area is 168 Å². The molecule has 144 valence electrons. The lowest BCUT2D eigenvalue weighted by atomic mass is 10.2. The molecule has 1 N–H and O–H groups in total. The van der Waals surface area contributed by atoms with E-state index < -0.39 is 16.0 Å². The first-order valence-corrected chi connectivity index (χ1v) is 10.3. The second-order valence-electron chi connectivity index (χ2n) is 6.31. The largest absolute Gasteiger partial charge is 0.478 e. The molecule has 0 unspecified atom stereocenters. The van der Waals surface area contributed by atoms with Crippen molar-refractivity contribution in [3.8, 4) is 0 Å². The fraction of sp³-hybridized carbons (Fsp3) is 0.0952. The Balaban J connectivity index is 2.07. The third kappa shape index (κ3) is 4.35. The Morgan fingerprint density at radius 3 is 2.21 bits per heavy atom. The Bertz CT molecular complexity index is 1090. The number of rotatable bonds is 6. The molecule has 0 spiro atoms. The minimum absolute atomic E-state index is 0.0587. The van der Waals surface area contributed by atoms with Gasteiger partial charge in [-0.2, -0.15) is 0 Å². The Morgan fingerprint density at radius 1 is 1.00 bits per heavy atom.